The Hall–Kier alpha value is -1.91. The van der Waals surface area contributed by atoms with Crippen LogP contribution in [0.15, 0.2) is 24.3 Å². The lowest BCUT2D eigenvalue weighted by Gasteiger charge is -2.36. The van der Waals surface area contributed by atoms with E-state index < -0.39 is 5.54 Å². The molecule has 126 valence electrons. The zero-order valence-corrected chi connectivity index (χ0v) is 14.1. The van der Waals surface area contributed by atoms with Crippen molar-refractivity contribution in [3.63, 3.8) is 0 Å². The smallest absolute Gasteiger partial charge is 0.223 e. The highest BCUT2D eigenvalue weighted by Crippen LogP contribution is 2.23. The molecule has 23 heavy (non-hydrogen) atoms. The van der Waals surface area contributed by atoms with Gasteiger partial charge in [-0.1, -0.05) is 19.1 Å². The van der Waals surface area contributed by atoms with E-state index in [0.29, 0.717) is 32.4 Å². The van der Waals surface area contributed by atoms with E-state index in [0.717, 1.165) is 5.56 Å². The van der Waals surface area contributed by atoms with Crippen LogP contribution in [0.2, 0.25) is 0 Å². The van der Waals surface area contributed by atoms with Gasteiger partial charge in [0, 0.05) is 31.5 Å². The average Bonchev–Trinajstić information content (AvgIpc) is 2.55. The molecule has 1 aromatic rings. The van der Waals surface area contributed by atoms with Gasteiger partial charge in [0.2, 0.25) is 11.8 Å². The summed E-state index contributed by atoms with van der Waals surface area (Å²) < 4.78 is 13.2. The molecule has 1 saturated heterocycles. The van der Waals surface area contributed by atoms with E-state index in [4.69, 9.17) is 0 Å². The number of nitrogens with zero attached hydrogens (tertiary/aromatic N) is 1. The number of benzene rings is 1. The van der Waals surface area contributed by atoms with Crippen molar-refractivity contribution in [3.8, 4) is 0 Å². The van der Waals surface area contributed by atoms with Gasteiger partial charge in [-0.2, -0.15) is 0 Å². The molecule has 1 fully saturated rings. The van der Waals surface area contributed by atoms with Crippen LogP contribution in [-0.2, 0) is 16.0 Å². The van der Waals surface area contributed by atoms with Gasteiger partial charge in [0.05, 0.1) is 0 Å². The molecule has 0 bridgehead atoms. The number of hydrogen-bond acceptors (Lipinski definition) is 2. The Kier molecular flexibility index (Phi) is 5.39. The second kappa shape index (κ2) is 7.11. The van der Waals surface area contributed by atoms with Crippen molar-refractivity contribution < 1.29 is 14.0 Å². The number of halogens is 1. The second-order valence-corrected chi connectivity index (χ2v) is 7.03. The molecule has 0 aromatic heterocycles. The molecule has 1 unspecified atom stereocenters. The molecule has 1 aromatic carbocycles. The molecular weight excluding hydrogens is 295 g/mol. The van der Waals surface area contributed by atoms with Crippen LogP contribution in [0.25, 0.3) is 0 Å². The third kappa shape index (κ3) is 4.78. The summed E-state index contributed by atoms with van der Waals surface area (Å²) >= 11 is 0. The van der Waals surface area contributed by atoms with E-state index in [-0.39, 0.29) is 23.5 Å². The van der Waals surface area contributed by atoms with Gasteiger partial charge in [-0.15, -0.1) is 0 Å². The molecule has 4 nitrogen and oxygen atoms in total. The fourth-order valence-corrected chi connectivity index (χ4v) is 3.17. The predicted octanol–water partition coefficient (Wildman–Crippen LogP) is 2.52. The number of nitrogens with one attached hydrogen (secondary N) is 1. The van der Waals surface area contributed by atoms with Gasteiger partial charge in [-0.3, -0.25) is 9.59 Å². The van der Waals surface area contributed by atoms with Crippen LogP contribution >= 0.6 is 0 Å². The van der Waals surface area contributed by atoms with Gasteiger partial charge in [0.1, 0.15) is 5.82 Å². The number of rotatable bonds is 4. The first-order valence-electron chi connectivity index (χ1n) is 8.09. The fourth-order valence-electron chi connectivity index (χ4n) is 3.17. The molecule has 0 radical (unpaired) electrons. The molecule has 0 saturated carbocycles. The van der Waals surface area contributed by atoms with Gasteiger partial charge in [-0.25, -0.2) is 4.39 Å². The zero-order chi connectivity index (χ0) is 17.0. The van der Waals surface area contributed by atoms with Gasteiger partial charge in [-0.05, 0) is 43.9 Å². The van der Waals surface area contributed by atoms with Crippen LogP contribution in [0.1, 0.15) is 39.2 Å². The molecule has 5 heteroatoms. The summed E-state index contributed by atoms with van der Waals surface area (Å²) in [4.78, 5) is 26.1. The maximum atomic E-state index is 13.2. The van der Waals surface area contributed by atoms with Gasteiger partial charge >= 0.3 is 0 Å². The van der Waals surface area contributed by atoms with Crippen LogP contribution < -0.4 is 5.32 Å². The highest BCUT2D eigenvalue weighted by molar-refractivity contribution is 5.81. The summed E-state index contributed by atoms with van der Waals surface area (Å²) in [6, 6.07) is 6.50. The minimum Gasteiger partial charge on any atom is -0.354 e. The molecular formula is C18H25FN2O2. The minimum atomic E-state index is -0.476. The Bertz CT molecular complexity index is 586. The van der Waals surface area contributed by atoms with Crippen LogP contribution in [0.3, 0.4) is 0 Å². The van der Waals surface area contributed by atoms with Crippen molar-refractivity contribution in [3.05, 3.63) is 35.6 Å². The van der Waals surface area contributed by atoms with E-state index >= 15 is 0 Å². The highest BCUT2D eigenvalue weighted by atomic mass is 19.1. The van der Waals surface area contributed by atoms with Crippen molar-refractivity contribution in [2.45, 2.75) is 45.6 Å². The van der Waals surface area contributed by atoms with Gasteiger partial charge < -0.3 is 10.2 Å². The van der Waals surface area contributed by atoms with Crippen LogP contribution in [0.4, 0.5) is 4.39 Å². The Morgan fingerprint density at radius 3 is 2.87 bits per heavy atom. The van der Waals surface area contributed by atoms with E-state index in [1.807, 2.05) is 26.8 Å². The molecule has 1 N–H and O–H groups in total. The number of amides is 2. The molecule has 2 amide bonds. The van der Waals surface area contributed by atoms with E-state index in [2.05, 4.69) is 5.32 Å². The molecule has 1 aliphatic rings. The first kappa shape index (κ1) is 17.4. The first-order valence-corrected chi connectivity index (χ1v) is 8.09. The summed E-state index contributed by atoms with van der Waals surface area (Å²) in [7, 11) is 0. The Morgan fingerprint density at radius 2 is 2.17 bits per heavy atom. The van der Waals surface area contributed by atoms with Crippen LogP contribution in [0, 0.1) is 11.7 Å². The predicted molar refractivity (Wildman–Crippen MR) is 87.3 cm³/mol. The number of carbonyl (C=O) groups is 2. The normalized spacial score (nSPS) is 19.0. The third-order valence-corrected chi connectivity index (χ3v) is 4.28. The maximum Gasteiger partial charge on any atom is 0.223 e. The maximum absolute atomic E-state index is 13.2. The molecule has 0 spiro atoms. The highest BCUT2D eigenvalue weighted by Gasteiger charge is 2.35. The Morgan fingerprint density at radius 1 is 1.43 bits per heavy atom. The average molecular weight is 320 g/mol. The monoisotopic (exact) mass is 320 g/mol. The van der Waals surface area contributed by atoms with Gasteiger partial charge in [0.15, 0.2) is 0 Å². The lowest BCUT2D eigenvalue weighted by atomic mass is 9.94. The molecule has 1 aliphatic heterocycles. The SMILES string of the molecule is CC(CC(=O)N1CCNC(=O)CC1(C)C)Cc1cccc(F)c1. The van der Waals surface area contributed by atoms with Gasteiger partial charge in [0.25, 0.3) is 0 Å². The topological polar surface area (TPSA) is 49.4 Å². The van der Waals surface area contributed by atoms with E-state index in [1.54, 1.807) is 11.0 Å². The number of hydrogen-bond donors (Lipinski definition) is 1. The summed E-state index contributed by atoms with van der Waals surface area (Å²) in [6.07, 6.45) is 1.38. The minimum absolute atomic E-state index is 0.0156. The number of carbonyl (C=O) groups excluding carboxylic acids is 2. The van der Waals surface area contributed by atoms with Crippen molar-refractivity contribution in [2.75, 3.05) is 13.1 Å². The van der Waals surface area contributed by atoms with Crippen molar-refractivity contribution >= 4 is 11.8 Å². The first-order chi connectivity index (χ1) is 10.8. The summed E-state index contributed by atoms with van der Waals surface area (Å²) in [5.74, 6) is -0.0974. The summed E-state index contributed by atoms with van der Waals surface area (Å²) in [5, 5.41) is 2.81. The quantitative estimate of drug-likeness (QED) is 0.927. The second-order valence-electron chi connectivity index (χ2n) is 7.03. The Balaban J connectivity index is 1.98. The largest absolute Gasteiger partial charge is 0.354 e. The molecule has 1 atom stereocenters. The molecule has 2 rings (SSSR count). The molecule has 1 heterocycles. The lowest BCUT2D eigenvalue weighted by Crippen LogP contribution is -2.48. The molecule has 0 aliphatic carbocycles. The standard InChI is InChI=1S/C18H25FN2O2/c1-13(9-14-5-4-6-15(19)11-14)10-17(23)21-8-7-20-16(22)12-18(21,2)3/h4-6,11,13H,7-10,12H2,1-3H3,(H,20,22). The Labute approximate surface area is 137 Å². The van der Waals surface area contributed by atoms with E-state index in [1.165, 1.54) is 12.1 Å². The van der Waals surface area contributed by atoms with Crippen molar-refractivity contribution in [1.82, 2.24) is 10.2 Å². The van der Waals surface area contributed by atoms with Crippen LogP contribution in [0.5, 0.6) is 0 Å². The zero-order valence-electron chi connectivity index (χ0n) is 14.1. The van der Waals surface area contributed by atoms with Crippen molar-refractivity contribution in [2.24, 2.45) is 5.92 Å². The van der Waals surface area contributed by atoms with Crippen molar-refractivity contribution in [1.29, 1.82) is 0 Å². The summed E-state index contributed by atoms with van der Waals surface area (Å²) in [6.45, 7) is 6.87. The van der Waals surface area contributed by atoms with E-state index in [9.17, 15) is 14.0 Å². The fraction of sp³-hybridized carbons (Fsp3) is 0.556. The summed E-state index contributed by atoms with van der Waals surface area (Å²) in [5.41, 5.74) is 0.424. The third-order valence-electron chi connectivity index (χ3n) is 4.28. The lowest BCUT2D eigenvalue weighted by molar-refractivity contribution is -0.137. The van der Waals surface area contributed by atoms with Crippen LogP contribution in [-0.4, -0.2) is 35.3 Å².